The van der Waals surface area contributed by atoms with Crippen LogP contribution in [0.25, 0.3) is 11.4 Å². The van der Waals surface area contributed by atoms with E-state index in [-0.39, 0.29) is 0 Å². The second-order valence-corrected chi connectivity index (χ2v) is 5.43. The highest BCUT2D eigenvalue weighted by Gasteiger charge is 2.09. The van der Waals surface area contributed by atoms with Crippen LogP contribution in [0.3, 0.4) is 0 Å². The topological polar surface area (TPSA) is 55.6 Å². The quantitative estimate of drug-likeness (QED) is 0.738. The molecule has 5 nitrogen and oxygen atoms in total. The Morgan fingerprint density at radius 1 is 1.14 bits per heavy atom. The molecule has 3 aromatic rings. The standard InChI is InChI=1S/C15H14BrN5/c1-21-10-18-20-15(21)12-6-2-3-7-13(12)17-9-11-5-4-8-14(16)19-11/h2-8,10,17H,9H2,1H3. The lowest BCUT2D eigenvalue weighted by Crippen LogP contribution is -2.04. The maximum Gasteiger partial charge on any atom is 0.165 e. The molecule has 106 valence electrons. The first-order valence-electron chi connectivity index (χ1n) is 6.53. The lowest BCUT2D eigenvalue weighted by molar-refractivity contribution is 0.919. The maximum atomic E-state index is 4.42. The fourth-order valence-corrected chi connectivity index (χ4v) is 2.47. The number of anilines is 1. The zero-order valence-electron chi connectivity index (χ0n) is 11.5. The number of hydrogen-bond donors (Lipinski definition) is 1. The summed E-state index contributed by atoms with van der Waals surface area (Å²) in [6.07, 6.45) is 1.70. The Morgan fingerprint density at radius 2 is 2.00 bits per heavy atom. The lowest BCUT2D eigenvalue weighted by Gasteiger charge is -2.11. The van der Waals surface area contributed by atoms with Crippen LogP contribution >= 0.6 is 15.9 Å². The Hall–Kier alpha value is -2.21. The van der Waals surface area contributed by atoms with E-state index in [1.54, 1.807) is 6.33 Å². The van der Waals surface area contributed by atoms with Gasteiger partial charge in [0.15, 0.2) is 5.82 Å². The molecule has 0 aliphatic carbocycles. The molecule has 6 heteroatoms. The van der Waals surface area contributed by atoms with E-state index in [9.17, 15) is 0 Å². The van der Waals surface area contributed by atoms with Crippen molar-refractivity contribution in [2.45, 2.75) is 6.54 Å². The van der Waals surface area contributed by atoms with Gasteiger partial charge in [0.05, 0.1) is 12.2 Å². The van der Waals surface area contributed by atoms with Crippen molar-refractivity contribution in [3.05, 3.63) is 59.1 Å². The van der Waals surface area contributed by atoms with Crippen LogP contribution in [0.15, 0.2) is 53.4 Å². The van der Waals surface area contributed by atoms with Crippen LogP contribution in [-0.2, 0) is 13.6 Å². The number of aromatic nitrogens is 4. The van der Waals surface area contributed by atoms with Gasteiger partial charge < -0.3 is 9.88 Å². The van der Waals surface area contributed by atoms with Crippen LogP contribution in [0.4, 0.5) is 5.69 Å². The van der Waals surface area contributed by atoms with Crippen LogP contribution in [0, 0.1) is 0 Å². The Kier molecular flexibility index (Phi) is 3.96. The number of nitrogens with zero attached hydrogens (tertiary/aromatic N) is 4. The minimum atomic E-state index is 0.647. The van der Waals surface area contributed by atoms with Gasteiger partial charge >= 0.3 is 0 Å². The number of para-hydroxylation sites is 1. The van der Waals surface area contributed by atoms with Crippen LogP contribution in [-0.4, -0.2) is 19.7 Å². The van der Waals surface area contributed by atoms with Crippen LogP contribution in [0.2, 0.25) is 0 Å². The normalized spacial score (nSPS) is 10.6. The highest BCUT2D eigenvalue weighted by molar-refractivity contribution is 9.10. The Morgan fingerprint density at radius 3 is 2.76 bits per heavy atom. The van der Waals surface area contributed by atoms with Gasteiger partial charge in [0, 0.05) is 18.3 Å². The predicted octanol–water partition coefficient (Wildman–Crippen LogP) is 3.25. The Bertz CT molecular complexity index is 753. The molecule has 0 fully saturated rings. The molecule has 1 aromatic carbocycles. The highest BCUT2D eigenvalue weighted by atomic mass is 79.9. The third-order valence-corrected chi connectivity index (χ3v) is 3.55. The van der Waals surface area contributed by atoms with Crippen molar-refractivity contribution in [3.8, 4) is 11.4 Å². The zero-order valence-corrected chi connectivity index (χ0v) is 13.1. The van der Waals surface area contributed by atoms with Gasteiger partial charge in [-0.2, -0.15) is 0 Å². The van der Waals surface area contributed by atoms with Crippen molar-refractivity contribution >= 4 is 21.6 Å². The van der Waals surface area contributed by atoms with Gasteiger partial charge in [0.2, 0.25) is 0 Å². The molecule has 3 rings (SSSR count). The molecule has 0 unspecified atom stereocenters. The first-order chi connectivity index (χ1) is 10.2. The molecule has 2 aromatic heterocycles. The molecule has 0 bridgehead atoms. The van der Waals surface area contributed by atoms with Gasteiger partial charge in [-0.25, -0.2) is 4.98 Å². The van der Waals surface area contributed by atoms with Crippen LogP contribution in [0.1, 0.15) is 5.69 Å². The summed E-state index contributed by atoms with van der Waals surface area (Å²) in [4.78, 5) is 4.42. The van der Waals surface area contributed by atoms with Crippen molar-refractivity contribution in [2.24, 2.45) is 7.05 Å². The molecular weight excluding hydrogens is 330 g/mol. The maximum absolute atomic E-state index is 4.42. The van der Waals surface area contributed by atoms with Crippen molar-refractivity contribution < 1.29 is 0 Å². The van der Waals surface area contributed by atoms with Crippen molar-refractivity contribution in [3.63, 3.8) is 0 Å². The highest BCUT2D eigenvalue weighted by Crippen LogP contribution is 2.25. The summed E-state index contributed by atoms with van der Waals surface area (Å²) >= 11 is 3.38. The second kappa shape index (κ2) is 6.05. The zero-order chi connectivity index (χ0) is 14.7. The lowest BCUT2D eigenvalue weighted by atomic mass is 10.1. The predicted molar refractivity (Wildman–Crippen MR) is 85.7 cm³/mol. The number of halogens is 1. The Labute approximate surface area is 131 Å². The molecule has 0 aliphatic heterocycles. The Balaban J connectivity index is 1.85. The van der Waals surface area contributed by atoms with Crippen LogP contribution in [0.5, 0.6) is 0 Å². The van der Waals surface area contributed by atoms with Gasteiger partial charge in [-0.05, 0) is 40.2 Å². The summed E-state index contributed by atoms with van der Waals surface area (Å²) in [7, 11) is 1.93. The van der Waals surface area contributed by atoms with E-state index < -0.39 is 0 Å². The van der Waals surface area contributed by atoms with E-state index >= 15 is 0 Å². The first-order valence-corrected chi connectivity index (χ1v) is 7.32. The summed E-state index contributed by atoms with van der Waals surface area (Å²) in [5.74, 6) is 0.834. The van der Waals surface area contributed by atoms with E-state index in [1.807, 2.05) is 54.1 Å². The van der Waals surface area contributed by atoms with E-state index in [4.69, 9.17) is 0 Å². The minimum Gasteiger partial charge on any atom is -0.379 e. The summed E-state index contributed by atoms with van der Waals surface area (Å²) in [5, 5.41) is 11.5. The SMILES string of the molecule is Cn1cnnc1-c1ccccc1NCc1cccc(Br)n1. The number of pyridine rings is 1. The average molecular weight is 344 g/mol. The molecule has 0 saturated carbocycles. The number of benzene rings is 1. The van der Waals surface area contributed by atoms with Crippen molar-refractivity contribution in [1.82, 2.24) is 19.7 Å². The molecule has 2 heterocycles. The minimum absolute atomic E-state index is 0.647. The average Bonchev–Trinajstić information content (AvgIpc) is 2.91. The largest absolute Gasteiger partial charge is 0.379 e. The summed E-state index contributed by atoms with van der Waals surface area (Å²) in [6.45, 7) is 0.647. The van der Waals surface area contributed by atoms with Crippen molar-refractivity contribution in [1.29, 1.82) is 0 Å². The van der Waals surface area contributed by atoms with Crippen molar-refractivity contribution in [2.75, 3.05) is 5.32 Å². The van der Waals surface area contributed by atoms with Gasteiger partial charge in [0.1, 0.15) is 10.9 Å². The van der Waals surface area contributed by atoms with Gasteiger partial charge in [-0.1, -0.05) is 18.2 Å². The second-order valence-electron chi connectivity index (χ2n) is 4.62. The third-order valence-electron chi connectivity index (χ3n) is 3.11. The van der Waals surface area contributed by atoms with Gasteiger partial charge in [-0.3, -0.25) is 0 Å². The fraction of sp³-hybridized carbons (Fsp3) is 0.133. The molecular formula is C15H14BrN5. The molecule has 0 radical (unpaired) electrons. The van der Waals surface area contributed by atoms with Gasteiger partial charge in [-0.15, -0.1) is 10.2 Å². The molecule has 0 spiro atoms. The number of aryl methyl sites for hydroxylation is 1. The smallest absolute Gasteiger partial charge is 0.165 e. The summed E-state index contributed by atoms with van der Waals surface area (Å²) in [5.41, 5.74) is 3.00. The molecule has 0 aliphatic rings. The van der Waals surface area contributed by atoms with Gasteiger partial charge in [0.25, 0.3) is 0 Å². The fourth-order valence-electron chi connectivity index (χ4n) is 2.09. The summed E-state index contributed by atoms with van der Waals surface area (Å²) in [6, 6.07) is 13.9. The van der Waals surface area contributed by atoms with Crippen LogP contribution < -0.4 is 5.32 Å². The number of hydrogen-bond acceptors (Lipinski definition) is 4. The molecule has 1 N–H and O–H groups in total. The molecule has 21 heavy (non-hydrogen) atoms. The third kappa shape index (κ3) is 3.11. The van der Waals surface area contributed by atoms with E-state index in [2.05, 4.69) is 36.4 Å². The first kappa shape index (κ1) is 13.8. The van der Waals surface area contributed by atoms with E-state index in [0.29, 0.717) is 6.54 Å². The number of rotatable bonds is 4. The van der Waals surface area contributed by atoms with E-state index in [0.717, 1.165) is 27.4 Å². The number of nitrogens with one attached hydrogen (secondary N) is 1. The molecule has 0 saturated heterocycles. The molecule has 0 amide bonds. The monoisotopic (exact) mass is 343 g/mol. The molecule has 0 atom stereocenters. The summed E-state index contributed by atoms with van der Waals surface area (Å²) < 4.78 is 2.74. The van der Waals surface area contributed by atoms with E-state index in [1.165, 1.54) is 0 Å².